The van der Waals surface area contributed by atoms with Gasteiger partial charge in [0.05, 0.1) is 13.2 Å². The Morgan fingerprint density at radius 2 is 1.65 bits per heavy atom. The van der Waals surface area contributed by atoms with E-state index in [1.807, 2.05) is 13.0 Å². The Morgan fingerprint density at radius 3 is 2.22 bits per heavy atom. The second-order valence-corrected chi connectivity index (χ2v) is 9.20. The number of aliphatic carboxylic acids is 1. The van der Waals surface area contributed by atoms with Crippen molar-refractivity contribution in [2.45, 2.75) is 51.2 Å². The minimum atomic E-state index is -5.08. The van der Waals surface area contributed by atoms with Crippen LogP contribution in [0.5, 0.6) is 11.5 Å². The minimum absolute atomic E-state index is 0.233. The minimum Gasteiger partial charge on any atom is -0.494 e. The van der Waals surface area contributed by atoms with Crippen molar-refractivity contribution in [2.75, 3.05) is 26.3 Å². The molecule has 2 aliphatic rings. The van der Waals surface area contributed by atoms with Crippen LogP contribution in [0.3, 0.4) is 0 Å². The molecule has 7 nitrogen and oxygen atoms in total. The molecule has 2 aromatic carbocycles. The number of halogens is 3. The first kappa shape index (κ1) is 28.3. The summed E-state index contributed by atoms with van der Waals surface area (Å²) in [5.41, 5.74) is 3.14. The fourth-order valence-electron chi connectivity index (χ4n) is 4.30. The van der Waals surface area contributed by atoms with E-state index < -0.39 is 18.1 Å². The Balaban J connectivity index is 0.000000479. The van der Waals surface area contributed by atoms with Crippen molar-refractivity contribution in [3.8, 4) is 11.5 Å². The molecule has 2 aromatic rings. The monoisotopic (exact) mass is 523 g/mol. The molecule has 1 aliphatic heterocycles. The first-order valence-electron chi connectivity index (χ1n) is 12.3. The van der Waals surface area contributed by atoms with Crippen molar-refractivity contribution in [2.24, 2.45) is 5.92 Å². The maximum Gasteiger partial charge on any atom is 0.490 e. The van der Waals surface area contributed by atoms with Crippen molar-refractivity contribution in [1.82, 2.24) is 4.90 Å². The van der Waals surface area contributed by atoms with Gasteiger partial charge >= 0.3 is 18.1 Å². The van der Waals surface area contributed by atoms with Gasteiger partial charge in [0.2, 0.25) is 0 Å². The van der Waals surface area contributed by atoms with Gasteiger partial charge in [-0.2, -0.15) is 13.2 Å². The van der Waals surface area contributed by atoms with Crippen LogP contribution in [-0.4, -0.2) is 59.5 Å². The van der Waals surface area contributed by atoms with Gasteiger partial charge in [-0.25, -0.2) is 9.59 Å². The van der Waals surface area contributed by atoms with E-state index >= 15 is 0 Å². The second kappa shape index (κ2) is 12.8. The fraction of sp³-hybridized carbons (Fsp3) is 0.481. The molecule has 2 fully saturated rings. The van der Waals surface area contributed by atoms with Crippen LogP contribution < -0.4 is 9.47 Å². The molecule has 1 saturated heterocycles. The number of alkyl halides is 3. The van der Waals surface area contributed by atoms with E-state index in [9.17, 15) is 23.1 Å². The van der Waals surface area contributed by atoms with Gasteiger partial charge in [-0.15, -0.1) is 0 Å². The van der Waals surface area contributed by atoms with E-state index in [2.05, 4.69) is 23.1 Å². The van der Waals surface area contributed by atoms with Crippen LogP contribution in [0.25, 0.3) is 0 Å². The Labute approximate surface area is 213 Å². The Kier molecular flexibility index (Phi) is 9.79. The summed E-state index contributed by atoms with van der Waals surface area (Å²) in [5, 5.41) is 16.4. The lowest BCUT2D eigenvalue weighted by Gasteiger charge is -2.32. The van der Waals surface area contributed by atoms with Crippen LogP contribution in [0.15, 0.2) is 42.5 Å². The number of carboxylic acids is 2. The van der Waals surface area contributed by atoms with E-state index in [1.165, 1.54) is 24.0 Å². The van der Waals surface area contributed by atoms with E-state index in [0.717, 1.165) is 44.1 Å². The van der Waals surface area contributed by atoms with E-state index in [0.29, 0.717) is 24.9 Å². The molecule has 1 saturated carbocycles. The number of carboxylic acid groups (broad SMARTS) is 2. The molecule has 0 atom stereocenters. The summed E-state index contributed by atoms with van der Waals surface area (Å²) in [4.78, 5) is 22.8. The summed E-state index contributed by atoms with van der Waals surface area (Å²) < 4.78 is 43.3. The molecule has 0 aromatic heterocycles. The zero-order chi connectivity index (χ0) is 27.0. The van der Waals surface area contributed by atoms with E-state index in [-0.39, 0.29) is 5.56 Å². The fourth-order valence-corrected chi connectivity index (χ4v) is 4.30. The molecule has 4 rings (SSSR count). The van der Waals surface area contributed by atoms with Crippen LogP contribution in [0.4, 0.5) is 13.2 Å². The maximum absolute atomic E-state index is 11.3. The van der Waals surface area contributed by atoms with Gasteiger partial charge in [-0.3, -0.25) is 4.90 Å². The number of ether oxygens (including phenoxy) is 2. The first-order valence-corrected chi connectivity index (χ1v) is 12.3. The number of nitrogens with zero attached hydrogens (tertiary/aromatic N) is 1. The number of likely N-dealkylation sites (tertiary alicyclic amines) is 1. The predicted molar refractivity (Wildman–Crippen MR) is 130 cm³/mol. The molecule has 0 bridgehead atoms. The molecule has 0 unspecified atom stereocenters. The molecule has 202 valence electrons. The quantitative estimate of drug-likeness (QED) is 0.443. The smallest absolute Gasteiger partial charge is 0.490 e. The van der Waals surface area contributed by atoms with E-state index in [4.69, 9.17) is 19.4 Å². The largest absolute Gasteiger partial charge is 0.494 e. The Bertz CT molecular complexity index is 1060. The SMILES string of the molecule is CCOc1ccc(C2CC2)c(CN2CCC(COc3ccccc3C(=O)O)CC2)c1.O=C(O)C(F)(F)F. The molecule has 37 heavy (non-hydrogen) atoms. The average molecular weight is 524 g/mol. The lowest BCUT2D eigenvalue weighted by Crippen LogP contribution is -2.35. The topological polar surface area (TPSA) is 96.3 Å². The first-order chi connectivity index (χ1) is 17.6. The normalized spacial score (nSPS) is 16.4. The van der Waals surface area contributed by atoms with Gasteiger partial charge in [0.15, 0.2) is 0 Å². The number of carbonyl (C=O) groups is 2. The summed E-state index contributed by atoms with van der Waals surface area (Å²) in [5.74, 6) is -1.07. The van der Waals surface area contributed by atoms with Crippen LogP contribution in [-0.2, 0) is 11.3 Å². The molecule has 0 amide bonds. The van der Waals surface area contributed by atoms with Crippen LogP contribution in [0.2, 0.25) is 0 Å². The third-order valence-electron chi connectivity index (χ3n) is 6.38. The highest BCUT2D eigenvalue weighted by Crippen LogP contribution is 2.43. The van der Waals surface area contributed by atoms with Gasteiger partial charge in [0.25, 0.3) is 0 Å². The lowest BCUT2D eigenvalue weighted by molar-refractivity contribution is -0.192. The molecule has 0 radical (unpaired) electrons. The number of benzene rings is 2. The summed E-state index contributed by atoms with van der Waals surface area (Å²) >= 11 is 0. The van der Waals surface area contributed by atoms with Gasteiger partial charge in [0, 0.05) is 6.54 Å². The van der Waals surface area contributed by atoms with Crippen LogP contribution in [0, 0.1) is 5.92 Å². The van der Waals surface area contributed by atoms with Gasteiger partial charge in [-0.05, 0) is 92.9 Å². The number of hydrogen-bond donors (Lipinski definition) is 2. The Morgan fingerprint density at radius 1 is 1.00 bits per heavy atom. The zero-order valence-electron chi connectivity index (χ0n) is 20.7. The molecule has 1 aliphatic carbocycles. The van der Waals surface area contributed by atoms with Gasteiger partial charge in [-0.1, -0.05) is 18.2 Å². The van der Waals surface area contributed by atoms with Crippen molar-refractivity contribution in [3.63, 3.8) is 0 Å². The summed E-state index contributed by atoms with van der Waals surface area (Å²) in [6, 6.07) is 13.5. The molecular weight excluding hydrogens is 491 g/mol. The van der Waals surface area contributed by atoms with Crippen molar-refractivity contribution >= 4 is 11.9 Å². The van der Waals surface area contributed by atoms with Crippen molar-refractivity contribution in [3.05, 3.63) is 59.2 Å². The number of piperidine rings is 1. The molecule has 1 heterocycles. The highest BCUT2D eigenvalue weighted by atomic mass is 19.4. The van der Waals surface area contributed by atoms with Crippen LogP contribution >= 0.6 is 0 Å². The average Bonchev–Trinajstić information content (AvgIpc) is 3.69. The Hall–Kier alpha value is -3.27. The maximum atomic E-state index is 11.3. The van der Waals surface area contributed by atoms with Crippen LogP contribution in [0.1, 0.15) is 60.0 Å². The van der Waals surface area contributed by atoms with Crippen molar-refractivity contribution < 1.29 is 42.4 Å². The van der Waals surface area contributed by atoms with Gasteiger partial charge in [0.1, 0.15) is 17.1 Å². The highest BCUT2D eigenvalue weighted by molar-refractivity contribution is 5.90. The number of para-hydroxylation sites is 1. The summed E-state index contributed by atoms with van der Waals surface area (Å²) in [7, 11) is 0. The van der Waals surface area contributed by atoms with Gasteiger partial charge < -0.3 is 19.7 Å². The zero-order valence-corrected chi connectivity index (χ0v) is 20.7. The molecular formula is C27H32F3NO6. The summed E-state index contributed by atoms with van der Waals surface area (Å²) in [6.45, 7) is 6.34. The summed E-state index contributed by atoms with van der Waals surface area (Å²) in [6.07, 6.45) is -0.339. The van der Waals surface area contributed by atoms with E-state index in [1.54, 1.807) is 18.2 Å². The molecule has 0 spiro atoms. The standard InChI is InChI=1S/C25H31NO4.C2HF3O2/c1-2-29-21-9-10-22(19-7-8-19)20(15-21)16-26-13-11-18(12-14-26)17-30-24-6-4-3-5-23(24)25(27)28;3-2(4,5)1(6)7/h3-6,9-10,15,18-19H,2,7-8,11-14,16-17H2,1H3,(H,27,28);(H,6,7). The number of rotatable bonds is 9. The lowest BCUT2D eigenvalue weighted by atomic mass is 9.96. The molecule has 10 heteroatoms. The predicted octanol–water partition coefficient (Wildman–Crippen LogP) is 5.59. The number of aromatic carboxylic acids is 1. The molecule has 2 N–H and O–H groups in total. The number of hydrogen-bond acceptors (Lipinski definition) is 5. The van der Waals surface area contributed by atoms with Crippen molar-refractivity contribution in [1.29, 1.82) is 0 Å². The third kappa shape index (κ3) is 8.66. The second-order valence-electron chi connectivity index (χ2n) is 9.20. The third-order valence-corrected chi connectivity index (χ3v) is 6.38. The highest BCUT2D eigenvalue weighted by Gasteiger charge is 2.38.